The number of benzene rings is 1. The van der Waals surface area contributed by atoms with E-state index in [1.54, 1.807) is 12.0 Å². The molecule has 1 aromatic rings. The van der Waals surface area contributed by atoms with Crippen LogP contribution in [0.4, 0.5) is 4.79 Å². The van der Waals surface area contributed by atoms with Crippen molar-refractivity contribution in [1.82, 2.24) is 9.80 Å². The Hall–Kier alpha value is -1.54. The fourth-order valence-electron chi connectivity index (χ4n) is 4.78. The second-order valence-electron chi connectivity index (χ2n) is 10.1. The van der Waals surface area contributed by atoms with Crippen molar-refractivity contribution in [1.29, 1.82) is 0 Å². The summed E-state index contributed by atoms with van der Waals surface area (Å²) in [6.45, 7) is 9.10. The van der Waals surface area contributed by atoms with Crippen LogP contribution in [0, 0.1) is 0 Å². The minimum absolute atomic E-state index is 0.0833. The van der Waals surface area contributed by atoms with Gasteiger partial charge < -0.3 is 23.8 Å². The van der Waals surface area contributed by atoms with Gasteiger partial charge in [-0.25, -0.2) is 4.79 Å². The fourth-order valence-corrected chi connectivity index (χ4v) is 4.98. The quantitative estimate of drug-likeness (QED) is 0.482. The Labute approximate surface area is 195 Å². The van der Waals surface area contributed by atoms with E-state index in [1.165, 1.54) is 5.56 Å². The molecule has 0 N–H and O–H groups in total. The lowest BCUT2D eigenvalue weighted by atomic mass is 9.86. The van der Waals surface area contributed by atoms with Crippen molar-refractivity contribution >= 4 is 17.7 Å². The Balaban J connectivity index is 1.48. The lowest BCUT2D eigenvalue weighted by Crippen LogP contribution is -2.65. The summed E-state index contributed by atoms with van der Waals surface area (Å²) in [4.78, 5) is 16.7. The van der Waals surface area contributed by atoms with Crippen molar-refractivity contribution in [2.75, 3.05) is 39.2 Å². The monoisotopic (exact) mass is 466 g/mol. The predicted molar refractivity (Wildman–Crippen MR) is 122 cm³/mol. The number of piperidine rings is 1. The van der Waals surface area contributed by atoms with Gasteiger partial charge in [-0.3, -0.25) is 4.90 Å². The van der Waals surface area contributed by atoms with Crippen LogP contribution in [0.2, 0.25) is 0 Å². The highest BCUT2D eigenvalue weighted by Crippen LogP contribution is 2.48. The zero-order chi connectivity index (χ0) is 23.0. The van der Waals surface area contributed by atoms with Crippen molar-refractivity contribution in [2.24, 2.45) is 0 Å². The Morgan fingerprint density at radius 2 is 1.88 bits per heavy atom. The Kier molecular flexibility index (Phi) is 6.65. The van der Waals surface area contributed by atoms with Gasteiger partial charge in [0.2, 0.25) is 0 Å². The summed E-state index contributed by atoms with van der Waals surface area (Å²) in [5.41, 5.74) is -0.0148. The van der Waals surface area contributed by atoms with Crippen LogP contribution >= 0.6 is 11.6 Å². The van der Waals surface area contributed by atoms with E-state index >= 15 is 0 Å². The van der Waals surface area contributed by atoms with Crippen LogP contribution in [-0.2, 0) is 20.8 Å². The zero-order valence-electron chi connectivity index (χ0n) is 19.6. The first-order valence-corrected chi connectivity index (χ1v) is 12.0. The van der Waals surface area contributed by atoms with Crippen LogP contribution in [0.15, 0.2) is 24.3 Å². The first kappa shape index (κ1) is 23.6. The van der Waals surface area contributed by atoms with E-state index in [4.69, 9.17) is 30.5 Å². The van der Waals surface area contributed by atoms with Gasteiger partial charge in [0.1, 0.15) is 17.5 Å². The van der Waals surface area contributed by atoms with Crippen LogP contribution < -0.4 is 4.74 Å². The smallest absolute Gasteiger partial charge is 0.410 e. The molecule has 0 aliphatic carbocycles. The molecule has 2 spiro atoms. The zero-order valence-corrected chi connectivity index (χ0v) is 20.3. The maximum absolute atomic E-state index is 12.5. The standard InChI is InChI=1S/C24H35ClN2O5/c1-22(2,3)32-21(28)26-13-10-23(11-14-26)16-27(15-18-5-7-19(29-4)8-6-18)24(17-30-24)20(31-23)9-12-25/h5-8,20H,9-17H2,1-4H3. The van der Waals surface area contributed by atoms with Crippen LogP contribution in [0.25, 0.3) is 0 Å². The van der Waals surface area contributed by atoms with Gasteiger partial charge in [0.15, 0.2) is 5.72 Å². The number of ether oxygens (including phenoxy) is 4. The van der Waals surface area contributed by atoms with Crippen LogP contribution in [0.1, 0.15) is 45.6 Å². The molecule has 0 bridgehead atoms. The summed E-state index contributed by atoms with van der Waals surface area (Å²) in [6, 6.07) is 8.17. The number of carbonyl (C=O) groups is 1. The number of rotatable bonds is 5. The number of epoxide rings is 1. The molecule has 0 saturated carbocycles. The number of amides is 1. The molecule has 178 valence electrons. The molecule has 0 radical (unpaired) electrons. The number of halogens is 1. The molecule has 1 aromatic carbocycles. The van der Waals surface area contributed by atoms with Gasteiger partial charge in [0.05, 0.1) is 19.3 Å². The topological polar surface area (TPSA) is 63.8 Å². The average molecular weight is 467 g/mol. The molecule has 3 heterocycles. The minimum atomic E-state index is -0.496. The summed E-state index contributed by atoms with van der Waals surface area (Å²) in [7, 11) is 1.67. The molecular weight excluding hydrogens is 432 g/mol. The molecule has 1 amide bonds. The number of hydrogen-bond acceptors (Lipinski definition) is 6. The number of morpholine rings is 1. The lowest BCUT2D eigenvalue weighted by molar-refractivity contribution is -0.229. The second kappa shape index (κ2) is 9.01. The molecule has 2 atom stereocenters. The molecule has 32 heavy (non-hydrogen) atoms. The number of carbonyl (C=O) groups excluding carboxylic acids is 1. The third kappa shape index (κ3) is 5.01. The van der Waals surface area contributed by atoms with Crippen molar-refractivity contribution in [3.8, 4) is 5.75 Å². The van der Waals surface area contributed by atoms with Crippen LogP contribution in [0.5, 0.6) is 5.75 Å². The molecule has 3 saturated heterocycles. The maximum Gasteiger partial charge on any atom is 0.410 e. The number of likely N-dealkylation sites (tertiary alicyclic amines) is 1. The summed E-state index contributed by atoms with van der Waals surface area (Å²) in [5.74, 6) is 1.37. The fraction of sp³-hybridized carbons (Fsp3) is 0.708. The minimum Gasteiger partial charge on any atom is -0.497 e. The molecule has 3 fully saturated rings. The van der Waals surface area contributed by atoms with Gasteiger partial charge in [0.25, 0.3) is 0 Å². The van der Waals surface area contributed by atoms with Gasteiger partial charge in [0, 0.05) is 32.1 Å². The largest absolute Gasteiger partial charge is 0.497 e. The highest BCUT2D eigenvalue weighted by Gasteiger charge is 2.63. The maximum atomic E-state index is 12.5. The van der Waals surface area contributed by atoms with E-state index in [0.29, 0.717) is 25.6 Å². The van der Waals surface area contributed by atoms with Crippen molar-refractivity contribution < 1.29 is 23.7 Å². The summed E-state index contributed by atoms with van der Waals surface area (Å²) in [5, 5.41) is 0. The molecule has 3 aliphatic rings. The SMILES string of the molecule is COc1ccc(CN2CC3(CCN(C(=O)OC(C)(C)C)CC3)OC(CCCl)C23CO3)cc1. The molecule has 8 heteroatoms. The van der Waals surface area contributed by atoms with E-state index in [9.17, 15) is 4.79 Å². The third-order valence-electron chi connectivity index (χ3n) is 6.58. The van der Waals surface area contributed by atoms with Gasteiger partial charge in [-0.1, -0.05) is 12.1 Å². The third-order valence-corrected chi connectivity index (χ3v) is 6.80. The summed E-state index contributed by atoms with van der Waals surface area (Å²) >= 11 is 6.15. The predicted octanol–water partition coefficient (Wildman–Crippen LogP) is 4.02. The van der Waals surface area contributed by atoms with E-state index in [2.05, 4.69) is 17.0 Å². The molecule has 4 rings (SSSR count). The normalized spacial score (nSPS) is 27.5. The van der Waals surface area contributed by atoms with Crippen molar-refractivity contribution in [3.05, 3.63) is 29.8 Å². The number of alkyl halides is 1. The van der Waals surface area contributed by atoms with E-state index < -0.39 is 11.3 Å². The summed E-state index contributed by atoms with van der Waals surface area (Å²) < 4.78 is 23.6. The summed E-state index contributed by atoms with van der Waals surface area (Å²) in [6.07, 6.45) is 1.93. The molecule has 3 aliphatic heterocycles. The van der Waals surface area contributed by atoms with Gasteiger partial charge in [-0.15, -0.1) is 11.6 Å². The Bertz CT molecular complexity index is 798. The van der Waals surface area contributed by atoms with E-state index in [-0.39, 0.29) is 17.8 Å². The average Bonchev–Trinajstić information content (AvgIpc) is 3.54. The van der Waals surface area contributed by atoms with Crippen molar-refractivity contribution in [3.63, 3.8) is 0 Å². The Morgan fingerprint density at radius 3 is 2.41 bits per heavy atom. The molecular formula is C24H35ClN2O5. The lowest BCUT2D eigenvalue weighted by Gasteiger charge is -2.52. The second-order valence-corrected chi connectivity index (χ2v) is 10.5. The molecule has 0 aromatic heterocycles. The van der Waals surface area contributed by atoms with E-state index in [1.807, 2.05) is 32.9 Å². The first-order chi connectivity index (χ1) is 15.2. The first-order valence-electron chi connectivity index (χ1n) is 11.4. The highest BCUT2D eigenvalue weighted by atomic mass is 35.5. The number of hydrogen-bond donors (Lipinski definition) is 0. The van der Waals surface area contributed by atoms with Crippen LogP contribution in [-0.4, -0.2) is 78.2 Å². The van der Waals surface area contributed by atoms with Crippen LogP contribution in [0.3, 0.4) is 0 Å². The van der Waals surface area contributed by atoms with Gasteiger partial charge in [-0.2, -0.15) is 0 Å². The van der Waals surface area contributed by atoms with Gasteiger partial charge in [-0.05, 0) is 57.7 Å². The van der Waals surface area contributed by atoms with E-state index in [0.717, 1.165) is 38.1 Å². The molecule has 7 nitrogen and oxygen atoms in total. The van der Waals surface area contributed by atoms with Gasteiger partial charge >= 0.3 is 6.09 Å². The highest BCUT2D eigenvalue weighted by molar-refractivity contribution is 6.17. The molecule has 2 unspecified atom stereocenters. The number of nitrogens with zero attached hydrogens (tertiary/aromatic N) is 2. The number of methoxy groups -OCH3 is 1. The Morgan fingerprint density at radius 1 is 1.22 bits per heavy atom. The van der Waals surface area contributed by atoms with Crippen molar-refractivity contribution in [2.45, 2.75) is 69.6 Å².